The van der Waals surface area contributed by atoms with Gasteiger partial charge in [-0.25, -0.2) is 19.2 Å². The number of hydrogen-bond acceptors (Lipinski definition) is 22. The quantitative estimate of drug-likeness (QED) is 0.0177. The van der Waals surface area contributed by atoms with Crippen molar-refractivity contribution in [2.45, 2.75) is 368 Å². The Hall–Kier alpha value is -9.52. The minimum atomic E-state index is -0.931. The maximum Gasteiger partial charge on any atom is 0.328 e. The van der Waals surface area contributed by atoms with Gasteiger partial charge in [-0.1, -0.05) is 201 Å². The molecule has 24 nitrogen and oxygen atoms in total. The van der Waals surface area contributed by atoms with E-state index in [0.717, 1.165) is 145 Å². The average Bonchev–Trinajstić information content (AvgIpc) is 1.60. The van der Waals surface area contributed by atoms with Gasteiger partial charge in [-0.2, -0.15) is 0 Å². The molecule has 3 aliphatic rings. The number of aryl methyl sites for hydroxylation is 8. The van der Waals surface area contributed by atoms with E-state index in [4.69, 9.17) is 28.4 Å². The number of rotatable bonds is 38. The zero-order chi connectivity index (χ0) is 109. The van der Waals surface area contributed by atoms with Crippen molar-refractivity contribution in [1.82, 2.24) is 20.0 Å². The Bertz CT molecular complexity index is 5580. The van der Waals surface area contributed by atoms with Gasteiger partial charge in [-0.3, -0.25) is 19.2 Å². The lowest BCUT2D eigenvalue weighted by Crippen LogP contribution is -2.44. The van der Waals surface area contributed by atoms with Crippen molar-refractivity contribution >= 4 is 92.9 Å². The van der Waals surface area contributed by atoms with Crippen LogP contribution in [0.1, 0.15) is 367 Å². The first-order valence-electron chi connectivity index (χ1n) is 52.3. The highest BCUT2D eigenvalue weighted by atomic mass is 32.1. The number of nitrogens with one attached hydrogen (secondary N) is 1. The predicted octanol–water partition coefficient (Wildman–Crippen LogP) is 24.1. The number of aliphatic hydroxyl groups is 4. The minimum absolute atomic E-state index is 0.0832. The first kappa shape index (κ1) is 122. The summed E-state index contributed by atoms with van der Waals surface area (Å²) in [6.07, 6.45) is 8.58. The molecule has 3 aliphatic heterocycles. The summed E-state index contributed by atoms with van der Waals surface area (Å²) in [4.78, 5) is 113. The fourth-order valence-electron chi connectivity index (χ4n) is 19.6. The fraction of sp³-hybridized carbons (Fsp3) is 0.593. The van der Waals surface area contributed by atoms with Gasteiger partial charge in [0.1, 0.15) is 73.6 Å². The second-order valence-electron chi connectivity index (χ2n) is 44.7. The number of carbonyl (C=O) groups excluding carboxylic acids is 6. The monoisotopic (exact) mass is 2090 g/mol. The number of amides is 4. The van der Waals surface area contributed by atoms with Crippen LogP contribution in [-0.4, -0.2) is 202 Å². The summed E-state index contributed by atoms with van der Waals surface area (Å²) in [5, 5.41) is 63.4. The molecule has 146 heavy (non-hydrogen) atoms. The van der Waals surface area contributed by atoms with Gasteiger partial charge in [0.15, 0.2) is 0 Å². The molecule has 4 aromatic carbocycles. The highest BCUT2D eigenvalue weighted by molar-refractivity contribution is 7.15. The lowest BCUT2D eigenvalue weighted by atomic mass is 9.74. The van der Waals surface area contributed by atoms with Crippen molar-refractivity contribution in [2.75, 3.05) is 60.3 Å². The molecule has 0 bridgehead atoms. The van der Waals surface area contributed by atoms with E-state index in [0.29, 0.717) is 71.2 Å². The van der Waals surface area contributed by atoms with Crippen LogP contribution in [0, 0.1) is 83.0 Å². The summed E-state index contributed by atoms with van der Waals surface area (Å²) in [5.74, 6) is -0.367. The van der Waals surface area contributed by atoms with Crippen LogP contribution in [-0.2, 0) is 50.3 Å². The fourth-order valence-corrected chi connectivity index (χ4v) is 25.5. The molecule has 0 aliphatic carbocycles. The number of nitrogens with zero attached hydrogens (tertiary/aromatic N) is 3. The topological polar surface area (TPSA) is 335 Å². The van der Waals surface area contributed by atoms with Gasteiger partial charge in [-0.05, 0) is 288 Å². The SMILES string of the molecule is CCC(CC)(c1ccc(OCC(O)C(C)(C)C)c(C)c1)c1cc(C)c(C(=O)N2CCC[C@@H]2C(=O)O)s1.CCC(CC)(c1ccc(OCC(O)C(C)(C)C)c(C)c1)c1cc(C)c(C(=O)N2CCC[C@@H]2C(=O)OC)s1.CCC(CC)(c1ccc(OCC(O)C(C)(C)C)c(C)c1)c1cc(C)c(C(=O)N2CCC[C@H]2C(=O)O)s1.CCC(CC)(c1ccc(OCC(O)C(C)(C)C)c(C)c1)c1cc(C)c(C(=O)N[C@@H](C(=O)OC)C(C)C)s1. The second kappa shape index (κ2) is 51.3. The Balaban J connectivity index is 0.000000238. The molecule has 3 saturated heterocycles. The Morgan fingerprint density at radius 1 is 0.349 bits per heavy atom. The number of hydrogen-bond donors (Lipinski definition) is 7. The highest BCUT2D eigenvalue weighted by Crippen LogP contribution is 2.51. The number of methoxy groups -OCH3 is 2. The predicted molar refractivity (Wildman–Crippen MR) is 588 cm³/mol. The Kier molecular flexibility index (Phi) is 42.8. The lowest BCUT2D eigenvalue weighted by Gasteiger charge is -2.32. The molecule has 0 saturated carbocycles. The molecule has 4 unspecified atom stereocenters. The number of carboxylic acid groups (broad SMARTS) is 2. The molecule has 7 N–H and O–H groups in total. The van der Waals surface area contributed by atoms with E-state index in [9.17, 15) is 69.0 Å². The molecular weight excluding hydrogens is 1920 g/mol. The summed E-state index contributed by atoms with van der Waals surface area (Å²) in [5.41, 5.74) is 10.3. The highest BCUT2D eigenvalue weighted by Gasteiger charge is 2.45. The van der Waals surface area contributed by atoms with E-state index in [-0.39, 0.29) is 105 Å². The lowest BCUT2D eigenvalue weighted by molar-refractivity contribution is -0.145. The number of thiophene rings is 4. The Morgan fingerprint density at radius 2 is 0.582 bits per heavy atom. The number of esters is 2. The molecule has 11 rings (SSSR count). The van der Waals surface area contributed by atoms with E-state index >= 15 is 0 Å². The van der Waals surface area contributed by atoms with Gasteiger partial charge in [0.2, 0.25) is 0 Å². The van der Waals surface area contributed by atoms with Crippen LogP contribution in [0.3, 0.4) is 0 Å². The minimum Gasteiger partial charge on any atom is -0.491 e. The van der Waals surface area contributed by atoms with E-state index < -0.39 is 66.5 Å². The van der Waals surface area contributed by atoms with Crippen LogP contribution in [0.15, 0.2) is 97.1 Å². The zero-order valence-electron chi connectivity index (χ0n) is 93.2. The smallest absolute Gasteiger partial charge is 0.328 e. The Morgan fingerprint density at radius 3 is 0.795 bits per heavy atom. The largest absolute Gasteiger partial charge is 0.491 e. The number of carbonyl (C=O) groups is 8. The van der Waals surface area contributed by atoms with Crippen molar-refractivity contribution in [3.8, 4) is 23.0 Å². The van der Waals surface area contributed by atoms with Crippen LogP contribution in [0.2, 0.25) is 0 Å². The molecule has 806 valence electrons. The summed E-state index contributed by atoms with van der Waals surface area (Å²) in [6, 6.07) is 30.8. The van der Waals surface area contributed by atoms with Crippen LogP contribution >= 0.6 is 45.3 Å². The van der Waals surface area contributed by atoms with E-state index in [1.54, 1.807) is 16.2 Å². The van der Waals surface area contributed by atoms with Gasteiger partial charge >= 0.3 is 23.9 Å². The molecular formula is C118H170N4O20S4. The molecule has 28 heteroatoms. The number of aliphatic hydroxyl groups excluding tert-OH is 4. The van der Waals surface area contributed by atoms with Crippen molar-refractivity contribution in [1.29, 1.82) is 0 Å². The first-order valence-corrected chi connectivity index (χ1v) is 55.5. The summed E-state index contributed by atoms with van der Waals surface area (Å²) >= 11 is 6.03. The maximum atomic E-state index is 13.5. The molecule has 0 radical (unpaired) electrons. The molecule has 8 atom stereocenters. The van der Waals surface area contributed by atoms with Crippen LogP contribution in [0.4, 0.5) is 0 Å². The molecule has 7 heterocycles. The van der Waals surface area contributed by atoms with Gasteiger partial charge in [0.05, 0.1) is 58.1 Å². The van der Waals surface area contributed by atoms with Crippen molar-refractivity contribution in [3.63, 3.8) is 0 Å². The standard InChI is InChI=1S/C30H43NO5S.C30H45NO5S.2C29H41NO5S/c1-9-30(10-2,21-13-14-23(19(3)16-21)36-18-24(32)29(5,6)7)25-17-20(4)26(37-25)27(33)31-15-11-12-22(31)28(34)35-8;1-11-30(12-2,21-13-14-22(19(5)15-21)36-17-23(32)29(7,8)9)24-16-20(6)26(37-24)27(33)31-25(18(3)4)28(34)35-10;2*1-8-29(9-2,20-12-13-22(18(3)15-20)35-17-23(31)28(5,6)7)24-16-19(4)25(36-24)26(32)30-14-10-11-21(30)27(33)34/h13-14,16-17,22,24,32H,9-12,15,18H2,1-8H3;13-16,18,23,25,32H,11-12,17H2,1-10H3,(H,31,33);2*12-13,15-16,21,23,31H,8-11,14,17H2,1-7H3,(H,33,34)/t22-,24?;23?,25-;2*21-,23?/m1110/s1. The first-order chi connectivity index (χ1) is 68.3. The van der Waals surface area contributed by atoms with E-state index in [2.05, 4.69) is 134 Å². The molecule has 4 aromatic heterocycles. The zero-order valence-corrected chi connectivity index (χ0v) is 96.4. The van der Waals surface area contributed by atoms with E-state index in [1.807, 2.05) is 177 Å². The molecule has 8 aromatic rings. The number of ether oxygens (including phenoxy) is 6. The normalized spacial score (nSPS) is 16.4. The number of benzene rings is 4. The second-order valence-corrected chi connectivity index (χ2v) is 48.9. The molecule has 4 amide bonds. The van der Waals surface area contributed by atoms with E-state index in [1.165, 1.54) is 80.3 Å². The Labute approximate surface area is 885 Å². The van der Waals surface area contributed by atoms with Crippen LogP contribution in [0.5, 0.6) is 23.0 Å². The van der Waals surface area contributed by atoms with Crippen molar-refractivity contribution in [3.05, 3.63) is 203 Å². The molecule has 0 spiro atoms. The van der Waals surface area contributed by atoms with Crippen LogP contribution < -0.4 is 24.3 Å². The third-order valence-electron chi connectivity index (χ3n) is 30.7. The number of likely N-dealkylation sites (tertiary alicyclic amines) is 3. The average molecular weight is 2090 g/mol. The van der Waals surface area contributed by atoms with Crippen molar-refractivity contribution in [2.24, 2.45) is 27.6 Å². The third kappa shape index (κ3) is 28.0. The third-order valence-corrected chi connectivity index (χ3v) is 36.4. The van der Waals surface area contributed by atoms with Gasteiger partial charge in [0, 0.05) is 60.8 Å². The summed E-state index contributed by atoms with van der Waals surface area (Å²) < 4.78 is 33.7. The molecule has 3 fully saturated rings. The van der Waals surface area contributed by atoms with Crippen molar-refractivity contribution < 1.29 is 97.4 Å². The maximum absolute atomic E-state index is 13.5. The van der Waals surface area contributed by atoms with Crippen LogP contribution in [0.25, 0.3) is 0 Å². The number of carboxylic acids is 2. The van der Waals surface area contributed by atoms with Gasteiger partial charge < -0.3 is 79.1 Å². The summed E-state index contributed by atoms with van der Waals surface area (Å²) in [7, 11) is 2.71. The summed E-state index contributed by atoms with van der Waals surface area (Å²) in [6.45, 7) is 63.4. The number of aliphatic carboxylic acids is 2. The van der Waals surface area contributed by atoms with Gasteiger partial charge in [-0.15, -0.1) is 45.3 Å². The van der Waals surface area contributed by atoms with Gasteiger partial charge in [0.25, 0.3) is 23.6 Å².